The first-order valence-electron chi connectivity index (χ1n) is 6.45. The van der Waals surface area contributed by atoms with Gasteiger partial charge in [-0.25, -0.2) is 0 Å². The molecule has 0 spiro atoms. The number of hydrogen-bond acceptors (Lipinski definition) is 3. The number of thioether (sulfide) groups is 1. The van der Waals surface area contributed by atoms with Gasteiger partial charge in [-0.2, -0.15) is 0 Å². The van der Waals surface area contributed by atoms with Gasteiger partial charge in [-0.1, -0.05) is 36.7 Å². The highest BCUT2D eigenvalue weighted by Gasteiger charge is 2.12. The first kappa shape index (κ1) is 14.9. The number of thiophene rings is 1. The lowest BCUT2D eigenvalue weighted by Gasteiger charge is -2.17. The van der Waals surface area contributed by atoms with Gasteiger partial charge in [0.1, 0.15) is 0 Å². The molecule has 0 aliphatic rings. The average molecular weight is 312 g/mol. The van der Waals surface area contributed by atoms with E-state index in [0.29, 0.717) is 6.04 Å². The molecule has 0 saturated heterocycles. The van der Waals surface area contributed by atoms with Gasteiger partial charge in [0.05, 0.1) is 11.1 Å². The average Bonchev–Trinajstić information content (AvgIpc) is 2.94. The molecule has 1 N–H and O–H groups in total. The summed E-state index contributed by atoms with van der Waals surface area (Å²) in [6.07, 6.45) is 1.15. The zero-order valence-electron chi connectivity index (χ0n) is 10.9. The minimum atomic E-state index is 0.404. The van der Waals surface area contributed by atoms with E-state index in [-0.39, 0.29) is 0 Å². The van der Waals surface area contributed by atoms with Crippen molar-refractivity contribution in [3.63, 3.8) is 0 Å². The van der Waals surface area contributed by atoms with Crippen LogP contribution in [0.15, 0.2) is 46.7 Å². The van der Waals surface area contributed by atoms with Gasteiger partial charge in [0.2, 0.25) is 0 Å². The summed E-state index contributed by atoms with van der Waals surface area (Å²) in [6, 6.07) is 12.8. The van der Waals surface area contributed by atoms with Gasteiger partial charge >= 0.3 is 0 Å². The molecule has 0 aliphatic carbocycles. The summed E-state index contributed by atoms with van der Waals surface area (Å²) < 4.78 is 0. The summed E-state index contributed by atoms with van der Waals surface area (Å²) in [4.78, 5) is 2.55. The summed E-state index contributed by atoms with van der Waals surface area (Å²) in [7, 11) is 0. The summed E-state index contributed by atoms with van der Waals surface area (Å²) in [5, 5.41) is 6.58. The largest absolute Gasteiger partial charge is 0.309 e. The maximum absolute atomic E-state index is 6.20. The fraction of sp³-hybridized carbons (Fsp3) is 0.333. The van der Waals surface area contributed by atoms with Crippen LogP contribution in [0.25, 0.3) is 0 Å². The normalized spacial score (nSPS) is 12.5. The number of benzene rings is 1. The lowest BCUT2D eigenvalue weighted by atomic mass is 10.2. The Kier molecular flexibility index (Phi) is 6.24. The zero-order valence-corrected chi connectivity index (χ0v) is 13.3. The lowest BCUT2D eigenvalue weighted by Crippen LogP contribution is -2.23. The first-order chi connectivity index (χ1) is 9.31. The minimum absolute atomic E-state index is 0.404. The minimum Gasteiger partial charge on any atom is -0.309 e. The third kappa shape index (κ3) is 4.53. The van der Waals surface area contributed by atoms with E-state index >= 15 is 0 Å². The summed E-state index contributed by atoms with van der Waals surface area (Å²) in [5.41, 5.74) is 0. The molecular formula is C15H18ClNS2. The van der Waals surface area contributed by atoms with Gasteiger partial charge in [-0.05, 0) is 36.5 Å². The van der Waals surface area contributed by atoms with Crippen LogP contribution in [0.4, 0.5) is 0 Å². The Bertz CT molecular complexity index is 485. The van der Waals surface area contributed by atoms with Crippen LogP contribution in [0.2, 0.25) is 5.02 Å². The second kappa shape index (κ2) is 7.95. The van der Waals surface area contributed by atoms with Gasteiger partial charge in [-0.15, -0.1) is 23.1 Å². The predicted octanol–water partition coefficient (Wildman–Crippen LogP) is 5.23. The van der Waals surface area contributed by atoms with Gasteiger partial charge in [0.25, 0.3) is 0 Å². The Morgan fingerprint density at radius 1 is 1.26 bits per heavy atom. The molecular weight excluding hydrogens is 294 g/mol. The molecule has 2 rings (SSSR count). The zero-order chi connectivity index (χ0) is 13.5. The molecule has 1 heterocycles. The molecule has 0 radical (unpaired) electrons. The molecule has 1 aromatic carbocycles. The van der Waals surface area contributed by atoms with Crippen molar-refractivity contribution < 1.29 is 0 Å². The van der Waals surface area contributed by atoms with Crippen molar-refractivity contribution in [2.45, 2.75) is 24.3 Å². The van der Waals surface area contributed by atoms with E-state index in [1.165, 1.54) is 4.88 Å². The molecule has 2 aromatic rings. The molecule has 0 aliphatic heterocycles. The van der Waals surface area contributed by atoms with E-state index in [0.717, 1.165) is 28.6 Å². The standard InChI is InChI=1S/C15H18ClNS2/c1-2-9-17-13(15-8-5-10-18-15)11-19-14-7-4-3-6-12(14)16/h3-8,10,13,17H,2,9,11H2,1H3. The highest BCUT2D eigenvalue weighted by atomic mass is 35.5. The third-order valence-corrected chi connectivity index (χ3v) is 5.36. The van der Waals surface area contributed by atoms with E-state index in [4.69, 9.17) is 11.6 Å². The summed E-state index contributed by atoms with van der Waals surface area (Å²) in [6.45, 7) is 3.24. The second-order valence-electron chi connectivity index (χ2n) is 4.26. The topological polar surface area (TPSA) is 12.0 Å². The SMILES string of the molecule is CCCNC(CSc1ccccc1Cl)c1cccs1. The summed E-state index contributed by atoms with van der Waals surface area (Å²) >= 11 is 9.83. The summed E-state index contributed by atoms with van der Waals surface area (Å²) in [5.74, 6) is 1.00. The third-order valence-electron chi connectivity index (χ3n) is 2.77. The molecule has 0 amide bonds. The molecule has 19 heavy (non-hydrogen) atoms. The maximum atomic E-state index is 6.20. The Balaban J connectivity index is 1.99. The van der Waals surface area contributed by atoms with E-state index in [2.05, 4.69) is 35.8 Å². The number of halogens is 1. The molecule has 1 aromatic heterocycles. The Hall–Kier alpha value is -0.480. The van der Waals surface area contributed by atoms with Gasteiger partial charge in [-0.3, -0.25) is 0 Å². The fourth-order valence-corrected chi connectivity index (χ4v) is 4.02. The number of hydrogen-bond donors (Lipinski definition) is 1. The van der Waals surface area contributed by atoms with Crippen molar-refractivity contribution >= 4 is 34.7 Å². The maximum Gasteiger partial charge on any atom is 0.0541 e. The molecule has 102 valence electrons. The van der Waals surface area contributed by atoms with Crippen molar-refractivity contribution in [2.75, 3.05) is 12.3 Å². The molecule has 0 bridgehead atoms. The Morgan fingerprint density at radius 3 is 2.79 bits per heavy atom. The van der Waals surface area contributed by atoms with Crippen LogP contribution in [0, 0.1) is 0 Å². The highest BCUT2D eigenvalue weighted by Crippen LogP contribution is 2.31. The van der Waals surface area contributed by atoms with Crippen LogP contribution in [0.3, 0.4) is 0 Å². The van der Waals surface area contributed by atoms with Crippen LogP contribution in [0.5, 0.6) is 0 Å². The first-order valence-corrected chi connectivity index (χ1v) is 8.69. The second-order valence-corrected chi connectivity index (χ2v) is 6.71. The van der Waals surface area contributed by atoms with Crippen LogP contribution in [-0.4, -0.2) is 12.3 Å². The van der Waals surface area contributed by atoms with Crippen LogP contribution in [0.1, 0.15) is 24.3 Å². The van der Waals surface area contributed by atoms with Gasteiger partial charge < -0.3 is 5.32 Å². The van der Waals surface area contributed by atoms with Gasteiger partial charge in [0, 0.05) is 15.5 Å². The van der Waals surface area contributed by atoms with Gasteiger partial charge in [0.15, 0.2) is 0 Å². The van der Waals surface area contributed by atoms with Crippen molar-refractivity contribution in [3.8, 4) is 0 Å². The number of rotatable bonds is 7. The Morgan fingerprint density at radius 2 is 2.11 bits per heavy atom. The molecule has 4 heteroatoms. The predicted molar refractivity (Wildman–Crippen MR) is 87.5 cm³/mol. The molecule has 0 saturated carbocycles. The van der Waals surface area contributed by atoms with E-state index in [1.807, 2.05) is 41.3 Å². The van der Waals surface area contributed by atoms with E-state index in [1.54, 1.807) is 0 Å². The monoisotopic (exact) mass is 311 g/mol. The molecule has 1 unspecified atom stereocenters. The van der Waals surface area contributed by atoms with Crippen molar-refractivity contribution in [1.29, 1.82) is 0 Å². The van der Waals surface area contributed by atoms with Crippen LogP contribution >= 0.6 is 34.7 Å². The number of nitrogens with one attached hydrogen (secondary N) is 1. The lowest BCUT2D eigenvalue weighted by molar-refractivity contribution is 0.585. The Labute approximate surface area is 128 Å². The molecule has 1 nitrogen and oxygen atoms in total. The van der Waals surface area contributed by atoms with Crippen molar-refractivity contribution in [3.05, 3.63) is 51.7 Å². The molecule has 1 atom stereocenters. The smallest absolute Gasteiger partial charge is 0.0541 e. The van der Waals surface area contributed by atoms with Crippen LogP contribution in [-0.2, 0) is 0 Å². The van der Waals surface area contributed by atoms with Crippen molar-refractivity contribution in [2.24, 2.45) is 0 Å². The van der Waals surface area contributed by atoms with E-state index < -0.39 is 0 Å². The fourth-order valence-electron chi connectivity index (χ4n) is 1.78. The van der Waals surface area contributed by atoms with Crippen molar-refractivity contribution in [1.82, 2.24) is 5.32 Å². The van der Waals surface area contributed by atoms with E-state index in [9.17, 15) is 0 Å². The quantitative estimate of drug-likeness (QED) is 0.702. The molecule has 0 fully saturated rings. The highest BCUT2D eigenvalue weighted by molar-refractivity contribution is 7.99. The van der Waals surface area contributed by atoms with Crippen LogP contribution < -0.4 is 5.32 Å².